The summed E-state index contributed by atoms with van der Waals surface area (Å²) >= 11 is 7.61. The van der Waals surface area contributed by atoms with Gasteiger partial charge in [-0.1, -0.05) is 127 Å². The Kier molecular flexibility index (Phi) is 11.1. The third-order valence-corrected chi connectivity index (χ3v) is 12.0. The number of benzene rings is 5. The zero-order chi connectivity index (χ0) is 38.6. The van der Waals surface area contributed by atoms with Crippen molar-refractivity contribution < 1.29 is 14.9 Å². The number of amides is 1. The summed E-state index contributed by atoms with van der Waals surface area (Å²) in [5.74, 6) is -0.619. The number of thiocarbonyl (C=S) groups is 1. The number of carbonyl (C=O) groups is 1. The smallest absolute Gasteiger partial charge is 0.276 e. The summed E-state index contributed by atoms with van der Waals surface area (Å²) in [5.41, 5.74) is 10.2. The van der Waals surface area contributed by atoms with Crippen LogP contribution in [0.3, 0.4) is 0 Å². The Bertz CT molecular complexity index is 2610. The molecule has 6 aromatic rings. The molecule has 5 aromatic carbocycles. The van der Waals surface area contributed by atoms with Crippen LogP contribution in [0, 0.1) is 6.92 Å². The SMILES string of the molecule is C=C(OO)n1c(=C2SC(=S)N(CC)C2=O)sc(=Cc2ccc(N(c3ccccc3)c3ccc(C(C)=C(c4ccccc4)c4ccc(C)cc4)cc3)cc2)c1=O. The number of hydrogen-bond acceptors (Lipinski definition) is 8. The highest BCUT2D eigenvalue weighted by Gasteiger charge is 2.33. The number of thioether (sulfide) groups is 1. The van der Waals surface area contributed by atoms with Gasteiger partial charge in [0.15, 0.2) is 0 Å². The standard InChI is InChI=1S/C45H37N3O4S3/c1-5-46-43(50)41(55-45(46)53)44-47(31(4)52-51)42(49)39(54-44)28-32-18-24-37(25-19-32)48(36-14-10-7-11-15-36)38-26-22-33(23-27-38)30(3)40(34-12-8-6-9-13-34)35-20-16-29(2)17-21-35/h6-28,51H,4-5H2,1-3H3. The molecule has 0 spiro atoms. The van der Waals surface area contributed by atoms with Gasteiger partial charge in [-0.15, -0.1) is 11.3 Å². The summed E-state index contributed by atoms with van der Waals surface area (Å²) < 4.78 is 2.13. The molecule has 7 rings (SSSR count). The summed E-state index contributed by atoms with van der Waals surface area (Å²) in [6.07, 6.45) is 1.75. The number of aryl methyl sites for hydroxylation is 1. The van der Waals surface area contributed by atoms with Crippen molar-refractivity contribution in [3.8, 4) is 0 Å². The van der Waals surface area contributed by atoms with E-state index in [1.54, 1.807) is 6.08 Å². The van der Waals surface area contributed by atoms with Crippen LogP contribution in [0.2, 0.25) is 0 Å². The van der Waals surface area contributed by atoms with Crippen molar-refractivity contribution in [1.29, 1.82) is 0 Å². The van der Waals surface area contributed by atoms with Crippen LogP contribution in [0.1, 0.15) is 41.7 Å². The maximum atomic E-state index is 13.6. The number of aromatic nitrogens is 1. The van der Waals surface area contributed by atoms with Crippen LogP contribution in [-0.2, 0) is 9.68 Å². The monoisotopic (exact) mass is 779 g/mol. The second-order valence-electron chi connectivity index (χ2n) is 12.8. The molecule has 1 aliphatic heterocycles. The van der Waals surface area contributed by atoms with E-state index in [2.05, 4.69) is 115 Å². The summed E-state index contributed by atoms with van der Waals surface area (Å²) in [6, 6.07) is 45.9. The third-order valence-electron chi connectivity index (χ3n) is 9.34. The fourth-order valence-electron chi connectivity index (χ4n) is 6.53. The van der Waals surface area contributed by atoms with Crippen molar-refractivity contribution in [2.45, 2.75) is 20.8 Å². The topological polar surface area (TPSA) is 75.0 Å². The first-order valence-corrected chi connectivity index (χ1v) is 19.6. The van der Waals surface area contributed by atoms with Crippen molar-refractivity contribution in [3.05, 3.63) is 187 Å². The van der Waals surface area contributed by atoms with E-state index < -0.39 is 5.56 Å². The van der Waals surface area contributed by atoms with Gasteiger partial charge in [0.1, 0.15) is 13.9 Å². The zero-order valence-corrected chi connectivity index (χ0v) is 32.9. The molecule has 0 atom stereocenters. The van der Waals surface area contributed by atoms with Gasteiger partial charge in [0.25, 0.3) is 11.5 Å². The molecule has 7 nitrogen and oxygen atoms in total. The summed E-state index contributed by atoms with van der Waals surface area (Å²) in [4.78, 5) is 35.1. The van der Waals surface area contributed by atoms with Gasteiger partial charge in [-0.2, -0.15) is 0 Å². The predicted molar refractivity (Wildman–Crippen MR) is 232 cm³/mol. The molecule has 1 saturated heterocycles. The number of anilines is 3. The molecule has 1 amide bonds. The molecule has 1 aromatic heterocycles. The van der Waals surface area contributed by atoms with Crippen LogP contribution in [0.15, 0.2) is 145 Å². The van der Waals surface area contributed by atoms with Gasteiger partial charge in [0.05, 0.1) is 4.53 Å². The molecule has 0 unspecified atom stereocenters. The molecule has 0 aliphatic carbocycles. The molecule has 0 bridgehead atoms. The number of allylic oxidation sites excluding steroid dienone is 1. The first-order valence-electron chi connectivity index (χ1n) is 17.6. The molecule has 1 N–H and O–H groups in total. The second kappa shape index (κ2) is 16.3. The maximum absolute atomic E-state index is 13.6. The van der Waals surface area contributed by atoms with Crippen LogP contribution in [0.5, 0.6) is 0 Å². The molecule has 274 valence electrons. The van der Waals surface area contributed by atoms with E-state index in [0.717, 1.165) is 61.4 Å². The van der Waals surface area contributed by atoms with E-state index in [1.165, 1.54) is 27.2 Å². The lowest BCUT2D eigenvalue weighted by Gasteiger charge is -2.26. The lowest BCUT2D eigenvalue weighted by Crippen LogP contribution is -2.33. The van der Waals surface area contributed by atoms with Gasteiger partial charge in [-0.05, 0) is 103 Å². The Hall–Kier alpha value is -5.78. The Labute approximate surface area is 333 Å². The minimum Gasteiger partial charge on any atom is -0.322 e. The average Bonchev–Trinajstić information content (AvgIpc) is 3.69. The molecule has 0 saturated carbocycles. The van der Waals surface area contributed by atoms with Gasteiger partial charge in [0.2, 0.25) is 5.88 Å². The highest BCUT2D eigenvalue weighted by Crippen LogP contribution is 2.37. The van der Waals surface area contributed by atoms with Crippen LogP contribution < -0.4 is 19.7 Å². The third kappa shape index (κ3) is 7.63. The van der Waals surface area contributed by atoms with Crippen LogP contribution in [-0.4, -0.2) is 31.5 Å². The minimum atomic E-state index is -0.474. The number of rotatable bonds is 10. The minimum absolute atomic E-state index is 0.281. The van der Waals surface area contributed by atoms with Gasteiger partial charge in [-0.25, -0.2) is 9.82 Å². The Morgan fingerprint density at radius 3 is 1.93 bits per heavy atom. The Morgan fingerprint density at radius 2 is 1.35 bits per heavy atom. The van der Waals surface area contributed by atoms with Crippen LogP contribution >= 0.6 is 35.3 Å². The van der Waals surface area contributed by atoms with Gasteiger partial charge in [-0.3, -0.25) is 14.5 Å². The molecular formula is C45H37N3O4S3. The highest BCUT2D eigenvalue weighted by atomic mass is 32.2. The first kappa shape index (κ1) is 37.5. The summed E-state index contributed by atoms with van der Waals surface area (Å²) in [7, 11) is 0. The Morgan fingerprint density at radius 1 is 0.800 bits per heavy atom. The predicted octanol–water partition coefficient (Wildman–Crippen LogP) is 9.40. The van der Waals surface area contributed by atoms with E-state index >= 15 is 0 Å². The largest absolute Gasteiger partial charge is 0.322 e. The normalized spacial score (nSPS) is 14.6. The second-order valence-corrected chi connectivity index (χ2v) is 15.5. The van der Waals surface area contributed by atoms with Crippen molar-refractivity contribution in [2.75, 3.05) is 11.4 Å². The number of para-hydroxylation sites is 1. The quantitative estimate of drug-likeness (QED) is 0.0489. The first-order chi connectivity index (χ1) is 26.7. The molecule has 55 heavy (non-hydrogen) atoms. The maximum Gasteiger partial charge on any atom is 0.276 e. The van der Waals surface area contributed by atoms with Crippen molar-refractivity contribution in [3.63, 3.8) is 0 Å². The van der Waals surface area contributed by atoms with Gasteiger partial charge < -0.3 is 9.79 Å². The lowest BCUT2D eigenvalue weighted by molar-refractivity contribution is -0.176. The van der Waals surface area contributed by atoms with Gasteiger partial charge >= 0.3 is 0 Å². The van der Waals surface area contributed by atoms with Crippen molar-refractivity contribution in [2.24, 2.45) is 0 Å². The van der Waals surface area contributed by atoms with E-state index in [4.69, 9.17) is 12.2 Å². The van der Waals surface area contributed by atoms with E-state index in [-0.39, 0.29) is 16.7 Å². The fraction of sp³-hybridized carbons (Fsp3) is 0.0889. The highest BCUT2D eigenvalue weighted by molar-refractivity contribution is 8.30. The molecule has 1 aliphatic rings. The van der Waals surface area contributed by atoms with Gasteiger partial charge in [0, 0.05) is 23.6 Å². The Balaban J connectivity index is 1.27. The number of carbonyl (C=O) groups excluding carboxylic acids is 1. The fourth-order valence-corrected chi connectivity index (χ4v) is 9.15. The lowest BCUT2D eigenvalue weighted by atomic mass is 9.90. The molecule has 0 radical (unpaired) electrons. The number of nitrogens with zero attached hydrogens (tertiary/aromatic N) is 3. The number of thiazole rings is 1. The summed E-state index contributed by atoms with van der Waals surface area (Å²) in [6.45, 7) is 10.2. The van der Waals surface area contributed by atoms with Crippen molar-refractivity contribution >= 4 is 90.6 Å². The van der Waals surface area contributed by atoms with E-state index in [1.807, 2.05) is 55.5 Å². The summed E-state index contributed by atoms with van der Waals surface area (Å²) in [5, 5.41) is 9.43. The van der Waals surface area contributed by atoms with E-state index in [0.29, 0.717) is 20.1 Å². The molecule has 2 heterocycles. The molecular weight excluding hydrogens is 743 g/mol. The van der Waals surface area contributed by atoms with Crippen LogP contribution in [0.25, 0.3) is 28.0 Å². The number of hydrogen-bond donors (Lipinski definition) is 1. The van der Waals surface area contributed by atoms with E-state index in [9.17, 15) is 14.8 Å². The van der Waals surface area contributed by atoms with Crippen LogP contribution in [0.4, 0.5) is 17.1 Å². The zero-order valence-electron chi connectivity index (χ0n) is 30.4. The molecule has 10 heteroatoms. The average molecular weight is 780 g/mol. The molecule has 1 fully saturated rings. The van der Waals surface area contributed by atoms with Crippen molar-refractivity contribution in [1.82, 2.24) is 9.47 Å².